The molecule has 0 amide bonds. The summed E-state index contributed by atoms with van der Waals surface area (Å²) >= 11 is 6.17. The van der Waals surface area contributed by atoms with E-state index < -0.39 is 0 Å². The van der Waals surface area contributed by atoms with Gasteiger partial charge in [-0.1, -0.05) is 17.4 Å². The molecule has 0 spiro atoms. The molecule has 0 aliphatic carbocycles. The predicted molar refractivity (Wildman–Crippen MR) is 90.4 cm³/mol. The maximum absolute atomic E-state index is 9.45. The summed E-state index contributed by atoms with van der Waals surface area (Å²) in [6.45, 7) is 3.75. The fraction of sp³-hybridized carbons (Fsp3) is 0.154. The molecule has 1 aromatic heterocycles. The number of aryl methyl sites for hydroxylation is 1. The summed E-state index contributed by atoms with van der Waals surface area (Å²) in [6.07, 6.45) is 0. The average Bonchev–Trinajstić information content (AvgIpc) is 2.77. The van der Waals surface area contributed by atoms with Crippen LogP contribution in [0.25, 0.3) is 0 Å². The Hall–Kier alpha value is -2.19. The lowest BCUT2D eigenvalue weighted by Crippen LogP contribution is -2.25. The number of anilines is 2. The fourth-order valence-electron chi connectivity index (χ4n) is 1.68. The zero-order valence-corrected chi connectivity index (χ0v) is 13.2. The van der Waals surface area contributed by atoms with Gasteiger partial charge in [0.2, 0.25) is 0 Å². The summed E-state index contributed by atoms with van der Waals surface area (Å²) in [7, 11) is 0. The van der Waals surface area contributed by atoms with E-state index in [4.69, 9.17) is 18.0 Å². The van der Waals surface area contributed by atoms with E-state index in [0.717, 1.165) is 27.1 Å². The lowest BCUT2D eigenvalue weighted by molar-refractivity contribution is 0.475. The lowest BCUT2D eigenvalue weighted by Gasteiger charge is -2.02. The first-order chi connectivity index (χ1) is 9.95. The second-order valence-corrected chi connectivity index (χ2v) is 5.72. The van der Waals surface area contributed by atoms with Crippen molar-refractivity contribution in [3.8, 4) is 5.75 Å². The van der Waals surface area contributed by atoms with Crippen molar-refractivity contribution in [1.82, 2.24) is 10.4 Å². The quantitative estimate of drug-likeness (QED) is 0.392. The molecule has 2 rings (SSSR count). The third-order valence-electron chi connectivity index (χ3n) is 2.56. The third kappa shape index (κ3) is 4.14. The molecule has 0 saturated heterocycles. The van der Waals surface area contributed by atoms with E-state index in [1.165, 1.54) is 11.3 Å². The molecule has 2 aromatic rings. The van der Waals surface area contributed by atoms with Crippen molar-refractivity contribution in [3.63, 3.8) is 0 Å². The van der Waals surface area contributed by atoms with E-state index >= 15 is 0 Å². The number of thiazole rings is 1. The van der Waals surface area contributed by atoms with Gasteiger partial charge in [0.15, 0.2) is 10.2 Å². The van der Waals surface area contributed by atoms with E-state index in [1.807, 2.05) is 19.9 Å². The van der Waals surface area contributed by atoms with Crippen LogP contribution in [0.3, 0.4) is 0 Å². The summed E-state index contributed by atoms with van der Waals surface area (Å²) < 4.78 is 0. The van der Waals surface area contributed by atoms with Crippen molar-refractivity contribution in [2.24, 2.45) is 10.8 Å². The minimum absolute atomic E-state index is 0.120. The number of phenols is 1. The molecule has 0 unspecified atom stereocenters. The van der Waals surface area contributed by atoms with Crippen LogP contribution in [0.4, 0.5) is 10.8 Å². The van der Waals surface area contributed by atoms with Crippen LogP contribution in [0.1, 0.15) is 17.5 Å². The highest BCUT2D eigenvalue weighted by Crippen LogP contribution is 2.27. The fourth-order valence-corrected chi connectivity index (χ4v) is 2.66. The summed E-state index contributed by atoms with van der Waals surface area (Å²) in [5.74, 6) is 0.201. The summed E-state index contributed by atoms with van der Waals surface area (Å²) in [5.41, 5.74) is 10.3. The van der Waals surface area contributed by atoms with E-state index in [0.29, 0.717) is 0 Å². The molecular formula is C13H15N5OS2. The Bertz CT molecular complexity index is 696. The van der Waals surface area contributed by atoms with Crippen LogP contribution < -0.4 is 16.5 Å². The Morgan fingerprint density at radius 2 is 2.24 bits per heavy atom. The number of hydrogen-bond acceptors (Lipinski definition) is 6. The molecule has 1 aromatic carbocycles. The van der Waals surface area contributed by atoms with Gasteiger partial charge in [0, 0.05) is 11.8 Å². The number of aromatic hydroxyl groups is 1. The number of nitrogens with zero attached hydrogens (tertiary/aromatic N) is 2. The molecular weight excluding hydrogens is 306 g/mol. The number of phenolic OH excluding ortho intramolecular Hbond substituents is 1. The van der Waals surface area contributed by atoms with E-state index in [2.05, 4.69) is 20.8 Å². The highest BCUT2D eigenvalue weighted by atomic mass is 32.1. The molecule has 5 N–H and O–H groups in total. The first kappa shape index (κ1) is 15.2. The predicted octanol–water partition coefficient (Wildman–Crippen LogP) is 2.46. The summed E-state index contributed by atoms with van der Waals surface area (Å²) in [4.78, 5) is 5.37. The van der Waals surface area contributed by atoms with Crippen LogP contribution in [0.15, 0.2) is 29.4 Å². The molecule has 8 heteroatoms. The van der Waals surface area contributed by atoms with Crippen LogP contribution in [0, 0.1) is 6.92 Å². The van der Waals surface area contributed by atoms with Crippen LogP contribution in [-0.4, -0.2) is 20.9 Å². The monoisotopic (exact) mass is 321 g/mol. The summed E-state index contributed by atoms with van der Waals surface area (Å²) in [6, 6.07) is 6.86. The van der Waals surface area contributed by atoms with Crippen molar-refractivity contribution in [2.45, 2.75) is 13.8 Å². The normalized spacial score (nSPS) is 11.2. The number of thiocarbonyl (C=S) groups is 1. The van der Waals surface area contributed by atoms with Crippen molar-refractivity contribution in [3.05, 3.63) is 34.8 Å². The number of rotatable bonds is 4. The number of hydrogen-bond donors (Lipinski definition) is 4. The maximum atomic E-state index is 9.45. The molecule has 1 heterocycles. The second kappa shape index (κ2) is 6.51. The Morgan fingerprint density at radius 3 is 2.90 bits per heavy atom. The van der Waals surface area contributed by atoms with Gasteiger partial charge < -0.3 is 16.2 Å². The maximum Gasteiger partial charge on any atom is 0.188 e. The topological polar surface area (TPSA) is 95.6 Å². The number of hydrazone groups is 1. The smallest absolute Gasteiger partial charge is 0.188 e. The van der Waals surface area contributed by atoms with Crippen LogP contribution >= 0.6 is 23.6 Å². The van der Waals surface area contributed by atoms with Gasteiger partial charge in [-0.15, -0.1) is 0 Å². The average molecular weight is 321 g/mol. The molecule has 0 saturated carbocycles. The third-order valence-corrected chi connectivity index (χ3v) is 3.83. The van der Waals surface area contributed by atoms with Gasteiger partial charge in [-0.25, -0.2) is 4.98 Å². The minimum atomic E-state index is 0.120. The molecule has 6 nitrogen and oxygen atoms in total. The number of benzene rings is 1. The van der Waals surface area contributed by atoms with Gasteiger partial charge in [-0.05, 0) is 38.2 Å². The number of nitrogens with one attached hydrogen (secondary N) is 2. The molecule has 0 aliphatic heterocycles. The largest absolute Gasteiger partial charge is 0.508 e. The molecule has 0 fully saturated rings. The Kier molecular flexibility index (Phi) is 4.71. The Balaban J connectivity index is 2.19. The van der Waals surface area contributed by atoms with Gasteiger partial charge in [0.1, 0.15) is 5.75 Å². The highest BCUT2D eigenvalue weighted by molar-refractivity contribution is 7.80. The van der Waals surface area contributed by atoms with Crippen molar-refractivity contribution in [2.75, 3.05) is 5.32 Å². The van der Waals surface area contributed by atoms with Gasteiger partial charge in [0.05, 0.1) is 16.3 Å². The number of nitrogens with two attached hydrogens (primary N) is 1. The molecule has 0 radical (unpaired) electrons. The molecule has 110 valence electrons. The van der Waals surface area contributed by atoms with Gasteiger partial charge in [0.25, 0.3) is 0 Å². The van der Waals surface area contributed by atoms with Gasteiger partial charge in [-0.2, -0.15) is 5.10 Å². The first-order valence-electron chi connectivity index (χ1n) is 6.09. The van der Waals surface area contributed by atoms with Crippen molar-refractivity contribution < 1.29 is 5.11 Å². The standard InChI is InChI=1S/C13H15N5OS2/c1-7-11(8(2)17-18-12(14)20)21-13(15-7)16-9-4-3-5-10(19)6-9/h3-6,19H,1-2H3,(H,15,16)(H3,14,18,20)/b17-8-. The van der Waals surface area contributed by atoms with Gasteiger partial charge in [-0.3, -0.25) is 5.43 Å². The molecule has 0 bridgehead atoms. The first-order valence-corrected chi connectivity index (χ1v) is 7.32. The Labute approximate surface area is 131 Å². The zero-order valence-electron chi connectivity index (χ0n) is 11.5. The molecule has 21 heavy (non-hydrogen) atoms. The Morgan fingerprint density at radius 1 is 1.48 bits per heavy atom. The second-order valence-electron chi connectivity index (χ2n) is 4.28. The van der Waals surface area contributed by atoms with Crippen molar-refractivity contribution in [1.29, 1.82) is 0 Å². The summed E-state index contributed by atoms with van der Waals surface area (Å²) in [5, 5.41) is 17.5. The van der Waals surface area contributed by atoms with E-state index in [-0.39, 0.29) is 10.9 Å². The van der Waals surface area contributed by atoms with E-state index in [9.17, 15) is 5.11 Å². The van der Waals surface area contributed by atoms with Crippen molar-refractivity contribution >= 4 is 45.2 Å². The zero-order chi connectivity index (χ0) is 15.4. The lowest BCUT2D eigenvalue weighted by atomic mass is 10.3. The van der Waals surface area contributed by atoms with Crippen LogP contribution in [0.5, 0.6) is 5.75 Å². The SMILES string of the molecule is C/C(=N/NC(N)=S)c1sc(Nc2cccc(O)c2)nc1C. The molecule has 0 atom stereocenters. The highest BCUT2D eigenvalue weighted by Gasteiger charge is 2.11. The molecule has 0 aliphatic rings. The number of aromatic nitrogens is 1. The van der Waals surface area contributed by atoms with Crippen LogP contribution in [-0.2, 0) is 0 Å². The van der Waals surface area contributed by atoms with Gasteiger partial charge >= 0.3 is 0 Å². The van der Waals surface area contributed by atoms with Crippen LogP contribution in [0.2, 0.25) is 0 Å². The van der Waals surface area contributed by atoms with E-state index in [1.54, 1.807) is 18.2 Å². The minimum Gasteiger partial charge on any atom is -0.508 e.